The van der Waals surface area contributed by atoms with Gasteiger partial charge >= 0.3 is 6.09 Å². The molecule has 0 unspecified atom stereocenters. The SMILES string of the molecule is CC(C)(C)OC(=O)N1CCN(C(=O)c2cncnc2Oc2cc(Cl)ccc2Cl)c2ccccc21. The van der Waals surface area contributed by atoms with Crippen LogP contribution in [-0.2, 0) is 4.74 Å². The molecule has 2 aromatic carbocycles. The monoisotopic (exact) mass is 500 g/mol. The van der Waals surface area contributed by atoms with E-state index >= 15 is 0 Å². The molecule has 0 aliphatic carbocycles. The highest BCUT2D eigenvalue weighted by molar-refractivity contribution is 6.34. The first-order chi connectivity index (χ1) is 16.1. The Kier molecular flexibility index (Phi) is 6.63. The second kappa shape index (κ2) is 9.48. The van der Waals surface area contributed by atoms with Gasteiger partial charge in [-0.1, -0.05) is 35.3 Å². The summed E-state index contributed by atoms with van der Waals surface area (Å²) in [6.07, 6.45) is 2.18. The van der Waals surface area contributed by atoms with E-state index in [9.17, 15) is 9.59 Å². The quantitative estimate of drug-likeness (QED) is 0.439. The van der Waals surface area contributed by atoms with Crippen LogP contribution in [0.4, 0.5) is 16.2 Å². The molecule has 4 rings (SSSR count). The Balaban J connectivity index is 1.66. The van der Waals surface area contributed by atoms with Gasteiger partial charge in [0.1, 0.15) is 23.2 Å². The van der Waals surface area contributed by atoms with Gasteiger partial charge in [-0.15, -0.1) is 0 Å². The first-order valence-electron chi connectivity index (χ1n) is 10.5. The summed E-state index contributed by atoms with van der Waals surface area (Å²) in [4.78, 5) is 37.6. The lowest BCUT2D eigenvalue weighted by atomic mass is 10.1. The molecule has 0 N–H and O–H groups in total. The van der Waals surface area contributed by atoms with Crippen LogP contribution in [0.2, 0.25) is 10.0 Å². The van der Waals surface area contributed by atoms with E-state index in [1.807, 2.05) is 0 Å². The maximum atomic E-state index is 13.6. The van der Waals surface area contributed by atoms with E-state index in [0.717, 1.165) is 0 Å². The number of anilines is 2. The summed E-state index contributed by atoms with van der Waals surface area (Å²) in [6, 6.07) is 11.9. The van der Waals surface area contributed by atoms with Crippen molar-refractivity contribution in [2.24, 2.45) is 0 Å². The van der Waals surface area contributed by atoms with Gasteiger partial charge in [0.2, 0.25) is 5.88 Å². The van der Waals surface area contributed by atoms with Gasteiger partial charge in [-0.2, -0.15) is 0 Å². The molecular weight excluding hydrogens is 479 g/mol. The van der Waals surface area contributed by atoms with Gasteiger partial charge in [0.05, 0.1) is 16.4 Å². The summed E-state index contributed by atoms with van der Waals surface area (Å²) in [5, 5.41) is 0.742. The van der Waals surface area contributed by atoms with E-state index < -0.39 is 11.7 Å². The van der Waals surface area contributed by atoms with Crippen molar-refractivity contribution in [3.05, 3.63) is 70.6 Å². The first-order valence-corrected chi connectivity index (χ1v) is 11.2. The topological polar surface area (TPSA) is 84.9 Å². The third-order valence-electron chi connectivity index (χ3n) is 4.88. The number of fused-ring (bicyclic) bond motifs is 1. The lowest BCUT2D eigenvalue weighted by Gasteiger charge is -2.37. The third kappa shape index (κ3) is 5.08. The Labute approximate surface area is 207 Å². The number of hydrogen-bond donors (Lipinski definition) is 0. The second-order valence-electron chi connectivity index (χ2n) is 8.50. The fraction of sp³-hybridized carbons (Fsp3) is 0.250. The van der Waals surface area contributed by atoms with Crippen LogP contribution in [0.15, 0.2) is 55.0 Å². The summed E-state index contributed by atoms with van der Waals surface area (Å²) >= 11 is 12.3. The number of para-hydroxylation sites is 2. The first kappa shape index (κ1) is 23.8. The number of hydrogen-bond acceptors (Lipinski definition) is 6. The van der Waals surface area contributed by atoms with Crippen LogP contribution in [0.1, 0.15) is 31.1 Å². The summed E-state index contributed by atoms with van der Waals surface area (Å²) < 4.78 is 11.4. The zero-order valence-corrected chi connectivity index (χ0v) is 20.3. The van der Waals surface area contributed by atoms with Gasteiger partial charge in [0.25, 0.3) is 5.91 Å². The van der Waals surface area contributed by atoms with Crippen molar-refractivity contribution in [3.8, 4) is 11.6 Å². The Hall–Kier alpha value is -3.36. The molecule has 176 valence electrons. The molecule has 2 amide bonds. The number of amides is 2. The smallest absolute Gasteiger partial charge is 0.414 e. The van der Waals surface area contributed by atoms with Gasteiger partial charge < -0.3 is 14.4 Å². The van der Waals surface area contributed by atoms with Gasteiger partial charge in [-0.3, -0.25) is 9.69 Å². The highest BCUT2D eigenvalue weighted by Crippen LogP contribution is 2.37. The molecular formula is C24H22Cl2N4O4. The number of aromatic nitrogens is 2. The van der Waals surface area contributed by atoms with Crippen molar-refractivity contribution in [2.75, 3.05) is 22.9 Å². The van der Waals surface area contributed by atoms with Gasteiger partial charge in [-0.25, -0.2) is 14.8 Å². The molecule has 0 spiro atoms. The maximum absolute atomic E-state index is 13.6. The molecule has 1 aliphatic heterocycles. The van der Waals surface area contributed by atoms with E-state index in [1.54, 1.807) is 62.1 Å². The molecule has 3 aromatic rings. The maximum Gasteiger partial charge on any atom is 0.414 e. The summed E-state index contributed by atoms with van der Waals surface area (Å²) in [7, 11) is 0. The average molecular weight is 501 g/mol. The molecule has 34 heavy (non-hydrogen) atoms. The van der Waals surface area contributed by atoms with Gasteiger partial charge in [0, 0.05) is 30.4 Å². The van der Waals surface area contributed by atoms with Crippen molar-refractivity contribution in [1.29, 1.82) is 0 Å². The van der Waals surface area contributed by atoms with Crippen LogP contribution in [0, 0.1) is 0 Å². The molecule has 0 fully saturated rings. The van der Waals surface area contributed by atoms with Crippen LogP contribution in [-0.4, -0.2) is 40.7 Å². The van der Waals surface area contributed by atoms with Crippen LogP contribution < -0.4 is 14.5 Å². The largest absolute Gasteiger partial charge is 0.443 e. The molecule has 0 saturated carbocycles. The van der Waals surface area contributed by atoms with Crippen molar-refractivity contribution >= 4 is 46.6 Å². The van der Waals surface area contributed by atoms with Crippen LogP contribution >= 0.6 is 23.2 Å². The normalized spacial score (nSPS) is 13.3. The Bertz CT molecular complexity index is 1250. The number of benzene rings is 2. The third-order valence-corrected chi connectivity index (χ3v) is 5.42. The number of ether oxygens (including phenoxy) is 2. The predicted molar refractivity (Wildman–Crippen MR) is 130 cm³/mol. The van der Waals surface area contributed by atoms with Crippen LogP contribution in [0.25, 0.3) is 0 Å². The molecule has 0 atom stereocenters. The zero-order valence-electron chi connectivity index (χ0n) is 18.8. The number of rotatable bonds is 3. The molecule has 8 nitrogen and oxygen atoms in total. The number of nitrogens with zero attached hydrogens (tertiary/aromatic N) is 4. The van der Waals surface area contributed by atoms with Crippen LogP contribution in [0.3, 0.4) is 0 Å². The van der Waals surface area contributed by atoms with E-state index in [4.69, 9.17) is 32.7 Å². The molecule has 0 radical (unpaired) electrons. The number of carbonyl (C=O) groups is 2. The molecule has 2 heterocycles. The van der Waals surface area contributed by atoms with Crippen molar-refractivity contribution in [3.63, 3.8) is 0 Å². The Morgan fingerprint density at radius 2 is 1.68 bits per heavy atom. The molecule has 1 aliphatic rings. The zero-order chi connectivity index (χ0) is 24.5. The lowest BCUT2D eigenvalue weighted by molar-refractivity contribution is 0.0578. The van der Waals surface area contributed by atoms with E-state index in [1.165, 1.54) is 23.5 Å². The van der Waals surface area contributed by atoms with Gasteiger partial charge in [-0.05, 0) is 45.0 Å². The van der Waals surface area contributed by atoms with Gasteiger partial charge in [0.15, 0.2) is 0 Å². The second-order valence-corrected chi connectivity index (χ2v) is 9.34. The fourth-order valence-electron chi connectivity index (χ4n) is 3.43. The molecule has 10 heteroatoms. The molecule has 0 bridgehead atoms. The van der Waals surface area contributed by atoms with Crippen LogP contribution in [0.5, 0.6) is 11.6 Å². The van der Waals surface area contributed by atoms with Crippen molar-refractivity contribution in [2.45, 2.75) is 26.4 Å². The highest BCUT2D eigenvalue weighted by Gasteiger charge is 2.34. The summed E-state index contributed by atoms with van der Waals surface area (Å²) in [5.74, 6) is -0.0849. The standard InChI is InChI=1S/C24H22Cl2N4O4/c1-24(2,3)34-23(32)30-11-10-29(18-6-4-5-7-19(18)30)22(31)16-13-27-14-28-21(16)33-20-12-15(25)8-9-17(20)26/h4-9,12-14H,10-11H2,1-3H3. The minimum absolute atomic E-state index is 0.0382. The average Bonchev–Trinajstić information content (AvgIpc) is 2.79. The van der Waals surface area contributed by atoms with Crippen molar-refractivity contribution in [1.82, 2.24) is 9.97 Å². The van der Waals surface area contributed by atoms with E-state index in [-0.39, 0.29) is 36.2 Å². The summed E-state index contributed by atoms with van der Waals surface area (Å²) in [5.41, 5.74) is 0.613. The highest BCUT2D eigenvalue weighted by atomic mass is 35.5. The Morgan fingerprint density at radius 1 is 1.00 bits per heavy atom. The van der Waals surface area contributed by atoms with E-state index in [2.05, 4.69) is 9.97 Å². The fourth-order valence-corrected chi connectivity index (χ4v) is 3.75. The predicted octanol–water partition coefficient (Wildman–Crippen LogP) is 5.98. The summed E-state index contributed by atoms with van der Waals surface area (Å²) in [6.45, 7) is 5.90. The minimum atomic E-state index is -0.645. The van der Waals surface area contributed by atoms with Crippen molar-refractivity contribution < 1.29 is 19.1 Å². The molecule has 0 saturated heterocycles. The number of halogens is 2. The Morgan fingerprint density at radius 3 is 2.38 bits per heavy atom. The minimum Gasteiger partial charge on any atom is -0.443 e. The number of carbonyl (C=O) groups excluding carboxylic acids is 2. The lowest BCUT2D eigenvalue weighted by Crippen LogP contribution is -2.48. The van der Waals surface area contributed by atoms with E-state index in [0.29, 0.717) is 21.4 Å². The molecule has 1 aromatic heterocycles.